The van der Waals surface area contributed by atoms with Crippen molar-refractivity contribution in [2.45, 2.75) is 20.3 Å². The lowest BCUT2D eigenvalue weighted by Gasteiger charge is -2.12. The van der Waals surface area contributed by atoms with E-state index in [0.29, 0.717) is 24.3 Å². The molecule has 0 aliphatic heterocycles. The molecule has 0 spiro atoms. The van der Waals surface area contributed by atoms with Crippen LogP contribution in [0.2, 0.25) is 0 Å². The second-order valence-electron chi connectivity index (χ2n) is 5.47. The lowest BCUT2D eigenvalue weighted by atomic mass is 10.1. The van der Waals surface area contributed by atoms with Gasteiger partial charge >= 0.3 is 6.03 Å². The molecule has 6 heteroatoms. The molecule has 0 unspecified atom stereocenters. The summed E-state index contributed by atoms with van der Waals surface area (Å²) >= 11 is 0. The molecule has 2 aromatic carbocycles. The fourth-order valence-corrected chi connectivity index (χ4v) is 2.18. The quantitative estimate of drug-likeness (QED) is 0.786. The van der Waals surface area contributed by atoms with Crippen molar-refractivity contribution in [3.8, 4) is 0 Å². The molecule has 126 valence electrons. The summed E-state index contributed by atoms with van der Waals surface area (Å²) in [7, 11) is 0. The number of carbonyl (C=O) groups excluding carboxylic acids is 2. The van der Waals surface area contributed by atoms with Crippen molar-refractivity contribution >= 4 is 23.3 Å². The predicted octanol–water partition coefficient (Wildman–Crippen LogP) is 3.46. The van der Waals surface area contributed by atoms with Crippen LogP contribution in [0, 0.1) is 12.7 Å². The number of hydrogen-bond acceptors (Lipinski definition) is 2. The van der Waals surface area contributed by atoms with Crippen molar-refractivity contribution in [1.29, 1.82) is 0 Å². The Labute approximate surface area is 140 Å². The van der Waals surface area contributed by atoms with Crippen molar-refractivity contribution in [3.63, 3.8) is 0 Å². The maximum atomic E-state index is 12.8. The Bertz CT molecular complexity index is 730. The molecule has 0 heterocycles. The van der Waals surface area contributed by atoms with Gasteiger partial charge in [0.25, 0.3) is 0 Å². The number of halogens is 1. The van der Waals surface area contributed by atoms with Crippen LogP contribution in [0.4, 0.5) is 20.6 Å². The second kappa shape index (κ2) is 8.10. The number of amides is 3. The summed E-state index contributed by atoms with van der Waals surface area (Å²) in [6.07, 6.45) is 0.610. The third-order valence-corrected chi connectivity index (χ3v) is 3.42. The molecule has 24 heavy (non-hydrogen) atoms. The Morgan fingerprint density at radius 2 is 1.75 bits per heavy atom. The monoisotopic (exact) mass is 329 g/mol. The Balaban J connectivity index is 1.87. The number of urea groups is 1. The average Bonchev–Trinajstić information content (AvgIpc) is 2.52. The first-order valence-electron chi connectivity index (χ1n) is 7.61. The summed E-state index contributed by atoms with van der Waals surface area (Å²) in [4.78, 5) is 23.1. The van der Waals surface area contributed by atoms with E-state index in [9.17, 15) is 14.0 Å². The van der Waals surface area contributed by atoms with E-state index in [4.69, 9.17) is 0 Å². The number of hydrogen-bond donors (Lipinski definition) is 3. The van der Waals surface area contributed by atoms with Crippen LogP contribution in [-0.4, -0.2) is 18.5 Å². The molecule has 0 saturated heterocycles. The molecule has 0 radical (unpaired) electrons. The van der Waals surface area contributed by atoms with Gasteiger partial charge in [0.05, 0.1) is 0 Å². The van der Waals surface area contributed by atoms with Crippen molar-refractivity contribution < 1.29 is 14.0 Å². The average molecular weight is 329 g/mol. The van der Waals surface area contributed by atoms with Crippen molar-refractivity contribution in [2.24, 2.45) is 0 Å². The zero-order chi connectivity index (χ0) is 17.5. The van der Waals surface area contributed by atoms with Gasteiger partial charge in [-0.3, -0.25) is 4.79 Å². The van der Waals surface area contributed by atoms with Gasteiger partial charge in [-0.1, -0.05) is 18.2 Å². The lowest BCUT2D eigenvalue weighted by molar-refractivity contribution is -0.114. The van der Waals surface area contributed by atoms with E-state index >= 15 is 0 Å². The van der Waals surface area contributed by atoms with Crippen LogP contribution in [0.15, 0.2) is 42.5 Å². The predicted molar refractivity (Wildman–Crippen MR) is 92.6 cm³/mol. The minimum Gasteiger partial charge on any atom is -0.338 e. The molecule has 0 aliphatic carbocycles. The number of benzene rings is 2. The van der Waals surface area contributed by atoms with Gasteiger partial charge in [0, 0.05) is 24.8 Å². The zero-order valence-corrected chi connectivity index (χ0v) is 13.7. The van der Waals surface area contributed by atoms with Gasteiger partial charge in [0.1, 0.15) is 5.82 Å². The number of nitrogens with one attached hydrogen (secondary N) is 3. The molecule has 2 rings (SSSR count). The number of anilines is 2. The summed E-state index contributed by atoms with van der Waals surface area (Å²) in [5.41, 5.74) is 3.08. The maximum absolute atomic E-state index is 12.8. The SMILES string of the molecule is CC(=O)Nc1ccc(C)c(NC(=O)NCCc2ccc(F)cc2)c1. The van der Waals surface area contributed by atoms with Gasteiger partial charge in [0.15, 0.2) is 0 Å². The third kappa shape index (κ3) is 5.39. The number of aryl methyl sites for hydroxylation is 1. The zero-order valence-electron chi connectivity index (χ0n) is 13.7. The van der Waals surface area contributed by atoms with Gasteiger partial charge in [0.2, 0.25) is 5.91 Å². The van der Waals surface area contributed by atoms with Crippen LogP contribution in [0.3, 0.4) is 0 Å². The van der Waals surface area contributed by atoms with Gasteiger partial charge in [-0.05, 0) is 48.7 Å². The molecule has 0 aliphatic rings. The Morgan fingerprint density at radius 3 is 2.42 bits per heavy atom. The first kappa shape index (κ1) is 17.5. The smallest absolute Gasteiger partial charge is 0.319 e. The van der Waals surface area contributed by atoms with E-state index in [1.165, 1.54) is 19.1 Å². The van der Waals surface area contributed by atoms with E-state index < -0.39 is 0 Å². The summed E-state index contributed by atoms with van der Waals surface area (Å²) < 4.78 is 12.8. The number of rotatable bonds is 5. The highest BCUT2D eigenvalue weighted by Gasteiger charge is 2.06. The molecule has 2 aromatic rings. The van der Waals surface area contributed by atoms with Crippen molar-refractivity contribution in [3.05, 3.63) is 59.4 Å². The highest BCUT2D eigenvalue weighted by atomic mass is 19.1. The minimum absolute atomic E-state index is 0.173. The fraction of sp³-hybridized carbons (Fsp3) is 0.222. The molecular formula is C18H20FN3O2. The first-order valence-corrected chi connectivity index (χ1v) is 7.61. The van der Waals surface area contributed by atoms with Crippen molar-refractivity contribution in [2.75, 3.05) is 17.2 Å². The van der Waals surface area contributed by atoms with Crippen LogP contribution >= 0.6 is 0 Å². The normalized spacial score (nSPS) is 10.1. The molecule has 3 amide bonds. The highest BCUT2D eigenvalue weighted by molar-refractivity contribution is 5.93. The van der Waals surface area contributed by atoms with Crippen LogP contribution in [0.25, 0.3) is 0 Å². The molecular weight excluding hydrogens is 309 g/mol. The van der Waals surface area contributed by atoms with Crippen LogP contribution in [0.5, 0.6) is 0 Å². The van der Waals surface area contributed by atoms with E-state index in [0.717, 1.165) is 11.1 Å². The molecule has 0 saturated carbocycles. The lowest BCUT2D eigenvalue weighted by Crippen LogP contribution is -2.30. The highest BCUT2D eigenvalue weighted by Crippen LogP contribution is 2.20. The Kier molecular flexibility index (Phi) is 5.89. The van der Waals surface area contributed by atoms with Crippen LogP contribution in [0.1, 0.15) is 18.1 Å². The van der Waals surface area contributed by atoms with Gasteiger partial charge in [-0.15, -0.1) is 0 Å². The molecule has 5 nitrogen and oxygen atoms in total. The molecule has 0 atom stereocenters. The Hall–Kier alpha value is -2.89. The van der Waals surface area contributed by atoms with Crippen LogP contribution in [-0.2, 0) is 11.2 Å². The summed E-state index contributed by atoms with van der Waals surface area (Å²) in [5, 5.41) is 8.18. The molecule has 0 aromatic heterocycles. The summed E-state index contributed by atoms with van der Waals surface area (Å²) in [6.45, 7) is 3.72. The fourth-order valence-electron chi connectivity index (χ4n) is 2.18. The standard InChI is InChI=1S/C18H20FN3O2/c1-12-3-8-16(21-13(2)23)11-17(12)22-18(24)20-10-9-14-4-6-15(19)7-5-14/h3-8,11H,9-10H2,1-2H3,(H,21,23)(H2,20,22,24). The molecule has 0 bridgehead atoms. The van der Waals surface area contributed by atoms with Gasteiger partial charge in [-0.2, -0.15) is 0 Å². The second-order valence-corrected chi connectivity index (χ2v) is 5.47. The van der Waals surface area contributed by atoms with E-state index in [1.54, 1.807) is 24.3 Å². The van der Waals surface area contributed by atoms with Gasteiger partial charge in [-0.25, -0.2) is 9.18 Å². The molecule has 3 N–H and O–H groups in total. The number of carbonyl (C=O) groups is 2. The Morgan fingerprint density at radius 1 is 1.04 bits per heavy atom. The topological polar surface area (TPSA) is 70.2 Å². The molecule has 0 fully saturated rings. The summed E-state index contributed by atoms with van der Waals surface area (Å²) in [6, 6.07) is 11.1. The van der Waals surface area contributed by atoms with E-state index in [1.807, 2.05) is 13.0 Å². The van der Waals surface area contributed by atoms with E-state index in [-0.39, 0.29) is 17.8 Å². The van der Waals surface area contributed by atoms with Crippen LogP contribution < -0.4 is 16.0 Å². The van der Waals surface area contributed by atoms with Crippen molar-refractivity contribution in [1.82, 2.24) is 5.32 Å². The minimum atomic E-state index is -0.333. The van der Waals surface area contributed by atoms with Gasteiger partial charge < -0.3 is 16.0 Å². The van der Waals surface area contributed by atoms with E-state index in [2.05, 4.69) is 16.0 Å². The largest absolute Gasteiger partial charge is 0.338 e. The first-order chi connectivity index (χ1) is 11.4. The maximum Gasteiger partial charge on any atom is 0.319 e. The third-order valence-electron chi connectivity index (χ3n) is 3.42. The summed E-state index contributed by atoms with van der Waals surface area (Å²) in [5.74, 6) is -0.451.